The van der Waals surface area contributed by atoms with E-state index >= 15 is 0 Å². The first-order chi connectivity index (χ1) is 69.7. The van der Waals surface area contributed by atoms with Gasteiger partial charge in [0.1, 0.15) is 17.2 Å². The SMILES string of the molecule is C/C=C/c1cccc(CCc2cccc3c2C(Cc2cc(CO)cc(OC)c2)=CC3)c1.COc1cc(OC)cc(N2Cc3cccc(CCc4ccc(C)cc4)c3C2)c1.Cc1ccc(CCc2cccc3c2N(CCc2ccccc2)CC3)cc1.Cc1ccc(CCc2cccc3c2N(Cc2ccc4c(c2)OCO4)CC3)cc1.Cc1ccc(CCc2cccc3c2N(Cc2ccc4ccccc4c2)CC3)cc1. The highest BCUT2D eigenvalue weighted by atomic mass is 16.7. The van der Waals surface area contributed by atoms with Gasteiger partial charge < -0.3 is 48.4 Å². The lowest BCUT2D eigenvalue weighted by Crippen LogP contribution is -2.24. The molecular formula is C132H136N4O6. The van der Waals surface area contributed by atoms with Gasteiger partial charge >= 0.3 is 0 Å². The topological polar surface area (TPSA) is 79.3 Å². The van der Waals surface area contributed by atoms with Gasteiger partial charge in [-0.25, -0.2) is 0 Å². The molecule has 0 aromatic heterocycles. The van der Waals surface area contributed by atoms with Crippen LogP contribution in [0.25, 0.3) is 22.4 Å². The predicted molar refractivity (Wildman–Crippen MR) is 591 cm³/mol. The number of ether oxygens (including phenoxy) is 5. The number of hydrogen-bond donors (Lipinski definition) is 1. The maximum absolute atomic E-state index is 9.60. The summed E-state index contributed by atoms with van der Waals surface area (Å²) >= 11 is 0. The minimum Gasteiger partial charge on any atom is -0.497 e. The van der Waals surface area contributed by atoms with Crippen LogP contribution in [0.1, 0.15) is 157 Å². The molecule has 16 aromatic rings. The molecular weight excluding hydrogens is 1740 g/mol. The van der Waals surface area contributed by atoms with Crippen LogP contribution < -0.4 is 43.3 Å². The van der Waals surface area contributed by atoms with E-state index in [9.17, 15) is 5.11 Å². The summed E-state index contributed by atoms with van der Waals surface area (Å²) in [7, 11) is 5.06. The molecule has 1 aliphatic carbocycles. The van der Waals surface area contributed by atoms with E-state index < -0.39 is 0 Å². The molecule has 0 amide bonds. The summed E-state index contributed by atoms with van der Waals surface area (Å²) in [6, 6.07) is 123. The van der Waals surface area contributed by atoms with Crippen LogP contribution in [0.2, 0.25) is 0 Å². The smallest absolute Gasteiger partial charge is 0.231 e. The number of hydrogen-bond acceptors (Lipinski definition) is 10. The van der Waals surface area contributed by atoms with Crippen LogP contribution in [-0.2, 0) is 136 Å². The largest absolute Gasteiger partial charge is 0.497 e. The summed E-state index contributed by atoms with van der Waals surface area (Å²) in [5, 5.41) is 12.2. The fraction of sp³-hybridized carbons (Fsp3) is 0.258. The first-order valence-electron chi connectivity index (χ1n) is 51.2. The normalized spacial score (nSPS) is 13.2. The third-order valence-corrected chi connectivity index (χ3v) is 29.0. The van der Waals surface area contributed by atoms with E-state index in [1.165, 1.54) is 184 Å². The second-order valence-electron chi connectivity index (χ2n) is 39.0. The average molecular weight is 1870 g/mol. The van der Waals surface area contributed by atoms with Gasteiger partial charge in [0, 0.05) is 93.3 Å². The number of fused-ring (bicyclic) bond motifs is 7. The molecule has 10 nitrogen and oxygen atoms in total. The van der Waals surface area contributed by atoms with E-state index in [0.717, 1.165) is 189 Å². The van der Waals surface area contributed by atoms with E-state index in [0.29, 0.717) is 6.79 Å². The van der Waals surface area contributed by atoms with Crippen molar-refractivity contribution in [3.05, 3.63) is 502 Å². The number of methoxy groups -OCH3 is 3. The van der Waals surface area contributed by atoms with Gasteiger partial charge in [0.25, 0.3) is 0 Å². The molecule has 720 valence electrons. The highest BCUT2D eigenvalue weighted by Crippen LogP contribution is 2.42. The fourth-order valence-corrected chi connectivity index (χ4v) is 21.3. The summed E-state index contributed by atoms with van der Waals surface area (Å²) < 4.78 is 27.3. The first kappa shape index (κ1) is 97.6. The minimum atomic E-state index is 0.0252. The molecule has 22 rings (SSSR count). The zero-order chi connectivity index (χ0) is 97.5. The number of anilines is 4. The number of rotatable bonds is 30. The Morgan fingerprint density at radius 1 is 0.331 bits per heavy atom. The summed E-state index contributed by atoms with van der Waals surface area (Å²) in [4.78, 5) is 10.1. The lowest BCUT2D eigenvalue weighted by Gasteiger charge is -2.23. The average Bonchev–Trinajstić information content (AvgIpc) is 1.66. The number of para-hydroxylation sites is 3. The Morgan fingerprint density at radius 3 is 1.34 bits per heavy atom. The van der Waals surface area contributed by atoms with Gasteiger partial charge in [-0.15, -0.1) is 0 Å². The fourth-order valence-electron chi connectivity index (χ4n) is 21.3. The molecule has 0 unspecified atom stereocenters. The van der Waals surface area contributed by atoms with E-state index in [1.807, 2.05) is 18.2 Å². The van der Waals surface area contributed by atoms with Crippen LogP contribution in [0.3, 0.4) is 0 Å². The van der Waals surface area contributed by atoms with E-state index in [4.69, 9.17) is 23.7 Å². The Labute approximate surface area is 843 Å². The highest BCUT2D eigenvalue weighted by Gasteiger charge is 2.29. The number of allylic oxidation sites excluding steroid dienone is 3. The molecule has 0 radical (unpaired) electrons. The Hall–Kier alpha value is -14.6. The Morgan fingerprint density at radius 2 is 0.775 bits per heavy atom. The number of aliphatic hydroxyl groups excluding tert-OH is 1. The maximum atomic E-state index is 9.60. The molecule has 0 atom stereocenters. The second-order valence-corrected chi connectivity index (χ2v) is 39.0. The standard InChI is InChI=1S/C29H30O2.C28H27N.C25H25NO2.C25H27NO2.C25H27N/c1-3-6-21-7-4-8-22(15-21)11-12-25-9-5-10-26-13-14-27(29(25)26)17-23-16-24(20-30)19-28(18-23)31-2;1-21-9-11-22(12-10-21)13-16-25-7-4-8-26-17-18-29(28(25)26)20-23-14-15-24-5-2-3-6-27(24)19-23;1-18-5-7-19(8-6-18)9-11-21-3-2-4-22-13-14-26(25(21)22)16-20-10-12-23-24(15-20)28-17-27-23;1-18-7-9-19(10-8-18)11-12-20-5-4-6-21-16-26(17-25(20)21)22-13-23(27-2)15-24(14-22)28-3;1-20-10-12-22(13-11-20)14-15-23-8-5-9-24-17-19-26(25(23)24)18-16-21-6-3-2-4-7-21/h3-10,14-16,18-19,30H,11-13,17,20H2,1-2H3;2-12,14-15,19H,13,16-18,20H2,1H3;2-8,10,12,15H,9,11,13-14,16-17H2,1H3;4-10,13-15H,11-12,16-17H2,1-3H3;2-13H,14-19H2,1H3/b6-3+;;;;. The summed E-state index contributed by atoms with van der Waals surface area (Å²) in [6.45, 7) is 19.2. The number of benzene rings is 16. The van der Waals surface area contributed by atoms with Crippen LogP contribution in [0.5, 0.6) is 28.7 Å². The second kappa shape index (κ2) is 47.6. The molecule has 0 spiro atoms. The third-order valence-electron chi connectivity index (χ3n) is 29.0. The maximum Gasteiger partial charge on any atom is 0.231 e. The van der Waals surface area contributed by atoms with Crippen LogP contribution in [0.4, 0.5) is 22.7 Å². The molecule has 0 bridgehead atoms. The van der Waals surface area contributed by atoms with Crippen molar-refractivity contribution in [2.75, 3.05) is 73.9 Å². The lowest BCUT2D eigenvalue weighted by atomic mass is 9.91. The first-order valence-corrected chi connectivity index (χ1v) is 51.2. The Balaban J connectivity index is 0.000000117. The van der Waals surface area contributed by atoms with Crippen molar-refractivity contribution >= 4 is 45.2 Å². The Bertz CT molecular complexity index is 6980. The molecule has 16 aromatic carbocycles. The van der Waals surface area contributed by atoms with Crippen molar-refractivity contribution in [3.8, 4) is 28.7 Å². The molecule has 0 saturated carbocycles. The molecule has 0 saturated heterocycles. The van der Waals surface area contributed by atoms with Crippen molar-refractivity contribution < 1.29 is 28.8 Å². The van der Waals surface area contributed by atoms with E-state index in [1.54, 1.807) is 21.3 Å². The van der Waals surface area contributed by atoms with Crippen molar-refractivity contribution in [2.24, 2.45) is 0 Å². The van der Waals surface area contributed by atoms with Gasteiger partial charge in [-0.3, -0.25) is 0 Å². The van der Waals surface area contributed by atoms with Crippen molar-refractivity contribution in [2.45, 2.75) is 170 Å². The predicted octanol–water partition coefficient (Wildman–Crippen LogP) is 28.5. The molecule has 1 N–H and O–H groups in total. The minimum absolute atomic E-state index is 0.0252. The summed E-state index contributed by atoms with van der Waals surface area (Å²) in [5.41, 5.74) is 44.2. The van der Waals surface area contributed by atoms with E-state index in [-0.39, 0.29) is 6.61 Å². The summed E-state index contributed by atoms with van der Waals surface area (Å²) in [5.74, 6) is 4.17. The third kappa shape index (κ3) is 25.2. The van der Waals surface area contributed by atoms with Gasteiger partial charge in [0.2, 0.25) is 6.79 Å². The van der Waals surface area contributed by atoms with Crippen molar-refractivity contribution in [1.82, 2.24) is 0 Å². The van der Waals surface area contributed by atoms with Gasteiger partial charge in [0.15, 0.2) is 11.5 Å². The lowest BCUT2D eigenvalue weighted by molar-refractivity contribution is 0.174. The Kier molecular flexibility index (Phi) is 32.7. The molecule has 142 heavy (non-hydrogen) atoms. The van der Waals surface area contributed by atoms with Crippen LogP contribution in [0, 0.1) is 27.7 Å². The van der Waals surface area contributed by atoms with Crippen LogP contribution in [-0.4, -0.2) is 59.4 Å². The van der Waals surface area contributed by atoms with Gasteiger partial charge in [-0.05, 0) is 312 Å². The number of nitrogens with zero attached hydrogens (tertiary/aromatic N) is 4. The molecule has 0 fully saturated rings. The van der Waals surface area contributed by atoms with Gasteiger partial charge in [0.05, 0.1) is 27.9 Å². The molecule has 6 aliphatic rings. The number of aryl methyl sites for hydroxylation is 14. The monoisotopic (exact) mass is 1870 g/mol. The summed E-state index contributed by atoms with van der Waals surface area (Å²) in [6.07, 6.45) is 23.8. The van der Waals surface area contributed by atoms with Crippen molar-refractivity contribution in [1.29, 1.82) is 0 Å². The molecule has 5 heterocycles. The quantitative estimate of drug-likeness (QED) is 0.0470. The van der Waals surface area contributed by atoms with Crippen LogP contribution in [0.15, 0.2) is 352 Å². The number of aliphatic hydroxyl groups is 1. The van der Waals surface area contributed by atoms with Crippen molar-refractivity contribution in [3.63, 3.8) is 0 Å². The van der Waals surface area contributed by atoms with Gasteiger partial charge in [-0.1, -0.05) is 332 Å². The molecule has 10 heteroatoms. The zero-order valence-electron chi connectivity index (χ0n) is 84.2. The van der Waals surface area contributed by atoms with Crippen LogP contribution >= 0.6 is 0 Å². The highest BCUT2D eigenvalue weighted by molar-refractivity contribution is 5.83. The molecule has 5 aliphatic heterocycles. The van der Waals surface area contributed by atoms with Gasteiger partial charge in [-0.2, -0.15) is 0 Å². The van der Waals surface area contributed by atoms with E-state index in [2.05, 4.69) is 394 Å². The zero-order valence-corrected chi connectivity index (χ0v) is 84.2.